The van der Waals surface area contributed by atoms with Gasteiger partial charge in [-0.15, -0.1) is 0 Å². The van der Waals surface area contributed by atoms with Crippen LogP contribution >= 0.6 is 0 Å². The highest BCUT2D eigenvalue weighted by molar-refractivity contribution is 6.07. The number of para-hydroxylation sites is 1. The van der Waals surface area contributed by atoms with E-state index in [0.717, 1.165) is 129 Å². The lowest BCUT2D eigenvalue weighted by atomic mass is 10.1. The molecule has 3 aliphatic heterocycles. The van der Waals surface area contributed by atoms with Crippen LogP contribution < -0.4 is 89.7 Å². The second kappa shape index (κ2) is 43.2. The Morgan fingerprint density at radius 1 is 0.362 bits per heavy atom. The smallest absolute Gasteiger partial charge is 0.332 e. The first-order valence-electron chi connectivity index (χ1n) is 42.1. The summed E-state index contributed by atoms with van der Waals surface area (Å²) in [7, 11) is 16.0. The number of likely N-dealkylation sites (N-methyl/N-ethyl adjacent to an activating group) is 3. The highest BCUT2D eigenvalue weighted by atomic mass is 16.5. The summed E-state index contributed by atoms with van der Waals surface area (Å²) in [5.74, 6) is 6.95. The summed E-state index contributed by atoms with van der Waals surface area (Å²) in [5.41, 5.74) is 14.7. The summed E-state index contributed by atoms with van der Waals surface area (Å²) in [6.45, 7) is 22.6. The van der Waals surface area contributed by atoms with E-state index in [4.69, 9.17) is 33.4 Å². The molecule has 660 valence electrons. The van der Waals surface area contributed by atoms with E-state index >= 15 is 0 Å². The number of ether oxygens (including phenoxy) is 6. The van der Waals surface area contributed by atoms with Crippen LogP contribution in [0.3, 0.4) is 0 Å². The van der Waals surface area contributed by atoms with Crippen molar-refractivity contribution >= 4 is 110 Å². The number of rotatable bonds is 26. The Balaban J connectivity index is 0.000000163. The molecule has 0 unspecified atom stereocenters. The van der Waals surface area contributed by atoms with Gasteiger partial charge >= 0.3 is 18.1 Å². The maximum atomic E-state index is 14.1. The lowest BCUT2D eigenvalue weighted by molar-refractivity contribution is 0.247. The topological polar surface area (TPSA) is 285 Å². The van der Waals surface area contributed by atoms with Gasteiger partial charge in [0.1, 0.15) is 87.9 Å². The first kappa shape index (κ1) is 90.2. The number of amides is 6. The summed E-state index contributed by atoms with van der Waals surface area (Å²) in [6.07, 6.45) is 2.87. The summed E-state index contributed by atoms with van der Waals surface area (Å²) in [4.78, 5) is 87.4. The van der Waals surface area contributed by atoms with Crippen LogP contribution in [0, 0.1) is 34.6 Å². The molecule has 3 aliphatic rings. The predicted octanol–water partition coefficient (Wildman–Crippen LogP) is 17.0. The van der Waals surface area contributed by atoms with Gasteiger partial charge in [0, 0.05) is 156 Å². The molecule has 6 N–H and O–H groups in total. The van der Waals surface area contributed by atoms with Gasteiger partial charge < -0.3 is 89.7 Å². The number of methoxy groups -OCH3 is 6. The fraction of sp³-hybridized carbons (Fsp3) is 0.289. The molecule has 0 bridgehead atoms. The number of hydrogen-bond acceptors (Lipinski definition) is 24. The number of piperazine rings is 3. The van der Waals surface area contributed by atoms with Crippen LogP contribution in [-0.4, -0.2) is 205 Å². The third-order valence-corrected chi connectivity index (χ3v) is 22.2. The van der Waals surface area contributed by atoms with Gasteiger partial charge in [0.25, 0.3) is 0 Å². The summed E-state index contributed by atoms with van der Waals surface area (Å²) in [5, 5.41) is 19.2. The van der Waals surface area contributed by atoms with E-state index in [1.54, 1.807) is 108 Å². The Morgan fingerprint density at radius 3 is 1.28 bits per heavy atom. The van der Waals surface area contributed by atoms with Crippen LogP contribution in [0.2, 0.25) is 0 Å². The van der Waals surface area contributed by atoms with Crippen molar-refractivity contribution in [1.29, 1.82) is 0 Å². The molecule has 3 saturated heterocycles. The molecule has 6 heterocycles. The molecule has 0 atom stereocenters. The number of aromatic nitrogens is 6. The largest absolute Gasteiger partial charge is 0.497 e. The highest BCUT2D eigenvalue weighted by Gasteiger charge is 2.29. The second-order valence-corrected chi connectivity index (χ2v) is 31.2. The van der Waals surface area contributed by atoms with Gasteiger partial charge in [0.15, 0.2) is 0 Å². The number of carbonyl (C=O) groups is 3. The molecule has 3 aromatic heterocycles. The van der Waals surface area contributed by atoms with Gasteiger partial charge in [-0.25, -0.2) is 59.0 Å². The number of nitrogens with zero attached hydrogens (tertiary/aromatic N) is 15. The zero-order valence-corrected chi connectivity index (χ0v) is 74.6. The molecule has 12 aromatic rings. The van der Waals surface area contributed by atoms with Crippen molar-refractivity contribution in [1.82, 2.24) is 55.2 Å². The average molecular weight is 1720 g/mol. The third-order valence-electron chi connectivity index (χ3n) is 22.2. The van der Waals surface area contributed by atoms with E-state index in [1.165, 1.54) is 28.8 Å². The number of urea groups is 3. The number of benzene rings is 9. The van der Waals surface area contributed by atoms with Crippen LogP contribution in [0.25, 0.3) is 0 Å². The Labute approximate surface area is 743 Å². The lowest BCUT2D eigenvalue weighted by Gasteiger charge is -2.34. The van der Waals surface area contributed by atoms with Crippen molar-refractivity contribution in [2.24, 2.45) is 0 Å². The molecule has 127 heavy (non-hydrogen) atoms. The van der Waals surface area contributed by atoms with E-state index in [9.17, 15) is 14.4 Å². The van der Waals surface area contributed by atoms with Crippen molar-refractivity contribution in [3.05, 3.63) is 264 Å². The van der Waals surface area contributed by atoms with Crippen LogP contribution in [0.5, 0.6) is 34.5 Å². The number of nitrogens with one attached hydrogen (secondary N) is 6. The first-order chi connectivity index (χ1) is 61.6. The molecule has 0 radical (unpaired) electrons. The lowest BCUT2D eigenvalue weighted by Crippen LogP contribution is -2.44. The van der Waals surface area contributed by atoms with E-state index in [2.05, 4.69) is 144 Å². The average Bonchev–Trinajstić information content (AvgIpc) is 0.792. The number of carbonyl (C=O) groups excluding carboxylic acids is 3. The highest BCUT2D eigenvalue weighted by Crippen LogP contribution is 2.40. The molecule has 3 fully saturated rings. The molecule has 0 saturated carbocycles. The molecular formula is C97H113N21O9. The maximum absolute atomic E-state index is 14.1. The van der Waals surface area contributed by atoms with E-state index < -0.39 is 0 Å². The van der Waals surface area contributed by atoms with Gasteiger partial charge in [-0.3, -0.25) is 0 Å². The molecular weight excluding hydrogens is 1600 g/mol. The normalized spacial score (nSPS) is 13.4. The summed E-state index contributed by atoms with van der Waals surface area (Å²) < 4.78 is 32.8. The van der Waals surface area contributed by atoms with Crippen molar-refractivity contribution in [3.8, 4) is 34.5 Å². The first-order valence-corrected chi connectivity index (χ1v) is 42.1. The minimum atomic E-state index is -0.360. The Morgan fingerprint density at radius 2 is 0.787 bits per heavy atom. The Kier molecular flexibility index (Phi) is 30.7. The second-order valence-electron chi connectivity index (χ2n) is 31.2. The van der Waals surface area contributed by atoms with Gasteiger partial charge in [-0.05, 0) is 187 Å². The minimum Gasteiger partial charge on any atom is -0.497 e. The van der Waals surface area contributed by atoms with Crippen LogP contribution in [-0.2, 0) is 13.1 Å². The van der Waals surface area contributed by atoms with Crippen molar-refractivity contribution < 1.29 is 42.8 Å². The number of aryl methyl sites for hydroxylation is 5. The van der Waals surface area contributed by atoms with Gasteiger partial charge in [0.2, 0.25) is 0 Å². The van der Waals surface area contributed by atoms with E-state index in [1.807, 2.05) is 155 Å². The van der Waals surface area contributed by atoms with Gasteiger partial charge in [0.05, 0.1) is 71.1 Å². The molecule has 15 rings (SSSR count). The number of hydrogen-bond donors (Lipinski definition) is 6. The van der Waals surface area contributed by atoms with Crippen LogP contribution in [0.4, 0.5) is 106 Å². The maximum Gasteiger partial charge on any atom is 0.332 e. The van der Waals surface area contributed by atoms with E-state index in [0.29, 0.717) is 117 Å². The third kappa shape index (κ3) is 23.9. The van der Waals surface area contributed by atoms with Crippen molar-refractivity contribution in [2.45, 2.75) is 47.7 Å². The molecule has 6 amide bonds. The predicted molar refractivity (Wildman–Crippen MR) is 506 cm³/mol. The molecule has 0 aliphatic carbocycles. The van der Waals surface area contributed by atoms with Gasteiger partial charge in [-0.2, -0.15) is 0 Å². The number of anilines is 16. The quantitative estimate of drug-likeness (QED) is 0.0294. The Hall–Kier alpha value is -14.5. The monoisotopic (exact) mass is 1720 g/mol. The molecule has 30 heteroatoms. The SMILES string of the molecule is COc1ccc(N(C(=O)NCc2cccc(C)c2)c2cc(Nc3ccc(N4CCN(C)CC4)cc3)ncn2)c(OC)c1.COc1ccc(Nc2cc(N(C(=O)NCc3ccc(C)cc3)c3ccc(N4CCN(C)CC4)cc3)ncn2)c(OC)c1.COc1ccc(Nc2cc(N(C(=O)Nc3c(C)cccc3C)c3ccc(N4CCN(C)CC4)cc3)nc(C)n2)c(OC)c1. The standard InChI is InChI=1S/C33H39N7O3.2C32H37N7O3/c1-22-8-7-9-23(2)32(22)37-33(41)40(26-12-10-25(11-13-26)39-18-16-38(4)17-19-39)31-21-30(34-24(3)35-31)36-28-15-14-27(42-5)20-29(28)43-6;1-23-5-7-24(8-6-23)21-33-32(40)39(26-11-9-25(10-12-26)38-17-15-37(2)16-18-38)31-20-30(34-22-35-31)36-28-14-13-27(41-3)19-29(28)42-4;1-23-6-5-7-24(18-23)21-33-32(40)39(28-13-12-27(41-3)19-29(28)42-4)31-20-30(34-22-35-31)36-25-8-10-26(11-9-25)38-16-14-37(2)15-17-38/h7-15,20-21H,16-19H2,1-6H3,(H,37,41)(H,34,35,36);5-14,19-20,22H,15-18,21H2,1-4H3,(H,33,40)(H,34,35,36);5-13,18-20,22H,14-17,21H2,1-4H3,(H,33,40)(H,34,35,36). The summed E-state index contributed by atoms with van der Waals surface area (Å²) >= 11 is 0. The molecule has 0 spiro atoms. The fourth-order valence-corrected chi connectivity index (χ4v) is 14.8. The van der Waals surface area contributed by atoms with E-state index in [-0.39, 0.29) is 18.1 Å². The fourth-order valence-electron chi connectivity index (χ4n) is 14.8. The molecule has 30 nitrogen and oxygen atoms in total. The zero-order chi connectivity index (χ0) is 89.5. The zero-order valence-electron chi connectivity index (χ0n) is 74.6. The van der Waals surface area contributed by atoms with Gasteiger partial charge in [-0.1, -0.05) is 77.9 Å². The van der Waals surface area contributed by atoms with Crippen LogP contribution in [0.15, 0.2) is 225 Å². The van der Waals surface area contributed by atoms with Crippen LogP contribution in [0.1, 0.15) is 39.2 Å². The Bertz CT molecular complexity index is 5660. The molecule has 9 aromatic carbocycles. The summed E-state index contributed by atoms with van der Waals surface area (Å²) in [6, 6.07) is 67.0. The van der Waals surface area contributed by atoms with Crippen molar-refractivity contribution in [2.75, 3.05) is 193 Å². The minimum absolute atomic E-state index is 0.297. The van der Waals surface area contributed by atoms with Crippen molar-refractivity contribution in [3.63, 3.8) is 0 Å².